The van der Waals surface area contributed by atoms with Gasteiger partial charge in [0, 0.05) is 6.04 Å². The topological polar surface area (TPSA) is 38.5 Å². The van der Waals surface area contributed by atoms with Crippen molar-refractivity contribution in [3.63, 3.8) is 0 Å². The third-order valence-electron chi connectivity index (χ3n) is 3.50. The largest absolute Gasteiger partial charge is 0.497 e. The minimum absolute atomic E-state index is 0.456. The molecule has 1 aromatic rings. The third kappa shape index (κ3) is 2.99. The van der Waals surface area contributed by atoms with Crippen molar-refractivity contribution in [2.75, 3.05) is 26.7 Å². The Kier molecular flexibility index (Phi) is 4.40. The molecule has 1 fully saturated rings. The van der Waals surface area contributed by atoms with Gasteiger partial charge in [0.2, 0.25) is 0 Å². The van der Waals surface area contributed by atoms with Crippen molar-refractivity contribution in [2.24, 2.45) is 5.73 Å². The molecule has 1 aliphatic heterocycles. The fourth-order valence-corrected chi connectivity index (χ4v) is 2.62. The maximum atomic E-state index is 5.75. The molecule has 94 valence electrons. The van der Waals surface area contributed by atoms with Crippen molar-refractivity contribution in [2.45, 2.75) is 25.3 Å². The quantitative estimate of drug-likeness (QED) is 0.848. The molecular weight excluding hydrogens is 212 g/mol. The highest BCUT2D eigenvalue weighted by Gasteiger charge is 2.22. The molecule has 1 saturated heterocycles. The predicted molar refractivity (Wildman–Crippen MR) is 70.2 cm³/mol. The average molecular weight is 234 g/mol. The summed E-state index contributed by atoms with van der Waals surface area (Å²) < 4.78 is 5.30. The number of rotatable bonds is 5. The highest BCUT2D eigenvalue weighted by atomic mass is 16.5. The Morgan fingerprint density at radius 1 is 1.35 bits per heavy atom. The van der Waals surface area contributed by atoms with Crippen LogP contribution in [0.15, 0.2) is 24.3 Å². The molecule has 0 saturated carbocycles. The zero-order valence-corrected chi connectivity index (χ0v) is 10.6. The SMILES string of the molecule is COc1cccc(C(CCN)N2CCCC2)c1. The molecule has 3 nitrogen and oxygen atoms in total. The molecule has 0 aromatic heterocycles. The van der Waals surface area contributed by atoms with Gasteiger partial charge in [-0.3, -0.25) is 4.90 Å². The summed E-state index contributed by atoms with van der Waals surface area (Å²) in [7, 11) is 1.72. The van der Waals surface area contributed by atoms with Gasteiger partial charge in [-0.2, -0.15) is 0 Å². The average Bonchev–Trinajstić information content (AvgIpc) is 2.89. The predicted octanol–water partition coefficient (Wildman–Crippen LogP) is 2.18. The second-order valence-electron chi connectivity index (χ2n) is 4.61. The first-order valence-electron chi connectivity index (χ1n) is 6.43. The summed E-state index contributed by atoms with van der Waals surface area (Å²) in [6.45, 7) is 3.13. The van der Waals surface area contributed by atoms with Crippen LogP contribution in [0.25, 0.3) is 0 Å². The van der Waals surface area contributed by atoms with E-state index in [0.717, 1.165) is 18.7 Å². The van der Waals surface area contributed by atoms with Crippen LogP contribution >= 0.6 is 0 Å². The highest BCUT2D eigenvalue weighted by Crippen LogP contribution is 2.29. The van der Waals surface area contributed by atoms with Gasteiger partial charge >= 0.3 is 0 Å². The van der Waals surface area contributed by atoms with Gasteiger partial charge in [-0.05, 0) is 56.6 Å². The molecule has 1 unspecified atom stereocenters. The molecule has 0 spiro atoms. The first-order valence-corrected chi connectivity index (χ1v) is 6.43. The Bertz CT molecular complexity index is 348. The van der Waals surface area contributed by atoms with E-state index < -0.39 is 0 Å². The first kappa shape index (κ1) is 12.4. The van der Waals surface area contributed by atoms with Crippen LogP contribution in [0.3, 0.4) is 0 Å². The lowest BCUT2D eigenvalue weighted by Crippen LogP contribution is -2.27. The Labute approximate surface area is 104 Å². The maximum absolute atomic E-state index is 5.75. The molecule has 2 N–H and O–H groups in total. The minimum Gasteiger partial charge on any atom is -0.497 e. The highest BCUT2D eigenvalue weighted by molar-refractivity contribution is 5.30. The summed E-state index contributed by atoms with van der Waals surface area (Å²) in [5, 5.41) is 0. The number of methoxy groups -OCH3 is 1. The molecule has 1 atom stereocenters. The smallest absolute Gasteiger partial charge is 0.119 e. The number of nitrogens with zero attached hydrogens (tertiary/aromatic N) is 1. The summed E-state index contributed by atoms with van der Waals surface area (Å²) in [4.78, 5) is 2.54. The standard InChI is InChI=1S/C14H22N2O/c1-17-13-6-4-5-12(11-13)14(7-8-15)16-9-2-3-10-16/h4-6,11,14H,2-3,7-10,15H2,1H3. The van der Waals surface area contributed by atoms with Gasteiger partial charge in [0.15, 0.2) is 0 Å². The number of benzene rings is 1. The van der Waals surface area contributed by atoms with E-state index in [1.165, 1.54) is 31.5 Å². The number of hydrogen-bond acceptors (Lipinski definition) is 3. The summed E-state index contributed by atoms with van der Waals surface area (Å²) in [6.07, 6.45) is 3.64. The van der Waals surface area contributed by atoms with Crippen molar-refractivity contribution in [1.29, 1.82) is 0 Å². The molecular formula is C14H22N2O. The van der Waals surface area contributed by atoms with Crippen LogP contribution in [0.4, 0.5) is 0 Å². The van der Waals surface area contributed by atoms with Crippen LogP contribution in [0, 0.1) is 0 Å². The lowest BCUT2D eigenvalue weighted by atomic mass is 10.0. The van der Waals surface area contributed by atoms with Gasteiger partial charge in [0.1, 0.15) is 5.75 Å². The Hall–Kier alpha value is -1.06. The second kappa shape index (κ2) is 6.03. The van der Waals surface area contributed by atoms with Gasteiger partial charge in [0.05, 0.1) is 7.11 Å². The van der Waals surface area contributed by atoms with Gasteiger partial charge in [0.25, 0.3) is 0 Å². The van der Waals surface area contributed by atoms with Crippen molar-refractivity contribution >= 4 is 0 Å². The summed E-state index contributed by atoms with van der Waals surface area (Å²) in [5.74, 6) is 0.934. The van der Waals surface area contributed by atoms with E-state index in [-0.39, 0.29) is 0 Å². The maximum Gasteiger partial charge on any atom is 0.119 e. The molecule has 0 radical (unpaired) electrons. The van der Waals surface area contributed by atoms with E-state index in [2.05, 4.69) is 23.1 Å². The monoisotopic (exact) mass is 234 g/mol. The van der Waals surface area contributed by atoms with Crippen LogP contribution < -0.4 is 10.5 Å². The zero-order chi connectivity index (χ0) is 12.1. The summed E-state index contributed by atoms with van der Waals surface area (Å²) in [6, 6.07) is 8.83. The van der Waals surface area contributed by atoms with Crippen LogP contribution in [0.1, 0.15) is 30.9 Å². The zero-order valence-electron chi connectivity index (χ0n) is 10.6. The van der Waals surface area contributed by atoms with Crippen LogP contribution in [0.2, 0.25) is 0 Å². The molecule has 0 bridgehead atoms. The van der Waals surface area contributed by atoms with Gasteiger partial charge < -0.3 is 10.5 Å². The lowest BCUT2D eigenvalue weighted by Gasteiger charge is -2.27. The molecule has 1 aromatic carbocycles. The van der Waals surface area contributed by atoms with Crippen molar-refractivity contribution in [3.05, 3.63) is 29.8 Å². The van der Waals surface area contributed by atoms with E-state index in [0.29, 0.717) is 6.04 Å². The van der Waals surface area contributed by atoms with Gasteiger partial charge in [-0.1, -0.05) is 12.1 Å². The number of hydrogen-bond donors (Lipinski definition) is 1. The summed E-state index contributed by atoms with van der Waals surface area (Å²) in [5.41, 5.74) is 7.08. The van der Waals surface area contributed by atoms with E-state index in [1.807, 2.05) is 6.07 Å². The fraction of sp³-hybridized carbons (Fsp3) is 0.571. The van der Waals surface area contributed by atoms with Gasteiger partial charge in [-0.15, -0.1) is 0 Å². The minimum atomic E-state index is 0.456. The molecule has 1 aliphatic rings. The van der Waals surface area contributed by atoms with Crippen LogP contribution in [0.5, 0.6) is 5.75 Å². The normalized spacial score (nSPS) is 18.2. The molecule has 0 amide bonds. The Morgan fingerprint density at radius 2 is 2.12 bits per heavy atom. The first-order chi connectivity index (χ1) is 8.35. The van der Waals surface area contributed by atoms with Crippen molar-refractivity contribution < 1.29 is 4.74 Å². The van der Waals surface area contributed by atoms with E-state index in [9.17, 15) is 0 Å². The molecule has 3 heteroatoms. The Balaban J connectivity index is 2.18. The number of likely N-dealkylation sites (tertiary alicyclic amines) is 1. The fourth-order valence-electron chi connectivity index (χ4n) is 2.62. The van der Waals surface area contributed by atoms with Crippen molar-refractivity contribution in [3.8, 4) is 5.75 Å². The van der Waals surface area contributed by atoms with Gasteiger partial charge in [-0.25, -0.2) is 0 Å². The Morgan fingerprint density at radius 3 is 2.76 bits per heavy atom. The van der Waals surface area contributed by atoms with Crippen molar-refractivity contribution in [1.82, 2.24) is 4.90 Å². The van der Waals surface area contributed by atoms with E-state index in [4.69, 9.17) is 10.5 Å². The molecule has 17 heavy (non-hydrogen) atoms. The molecule has 2 rings (SSSR count). The number of nitrogens with two attached hydrogens (primary N) is 1. The van der Waals surface area contributed by atoms with E-state index >= 15 is 0 Å². The molecule has 0 aliphatic carbocycles. The van der Waals surface area contributed by atoms with Crippen LogP contribution in [-0.2, 0) is 0 Å². The number of ether oxygens (including phenoxy) is 1. The second-order valence-corrected chi connectivity index (χ2v) is 4.61. The third-order valence-corrected chi connectivity index (χ3v) is 3.50. The molecule has 1 heterocycles. The summed E-state index contributed by atoms with van der Waals surface area (Å²) >= 11 is 0. The van der Waals surface area contributed by atoms with Crippen LogP contribution in [-0.4, -0.2) is 31.6 Å². The lowest BCUT2D eigenvalue weighted by molar-refractivity contribution is 0.235. The van der Waals surface area contributed by atoms with E-state index in [1.54, 1.807) is 7.11 Å².